The Bertz CT molecular complexity index is 694. The van der Waals surface area contributed by atoms with Gasteiger partial charge in [0.05, 0.1) is 12.2 Å². The van der Waals surface area contributed by atoms with E-state index in [1.165, 1.54) is 0 Å². The molecular formula is C20H24O3. The molecule has 0 unspecified atom stereocenters. The summed E-state index contributed by atoms with van der Waals surface area (Å²) in [5.74, 6) is 0.0811. The quantitative estimate of drug-likeness (QED) is 0.814. The molecule has 0 amide bonds. The monoisotopic (exact) mass is 312 g/mol. The number of ether oxygens (including phenoxy) is 1. The van der Waals surface area contributed by atoms with E-state index in [2.05, 4.69) is 19.1 Å². The van der Waals surface area contributed by atoms with E-state index < -0.39 is 5.97 Å². The van der Waals surface area contributed by atoms with Gasteiger partial charge in [0.2, 0.25) is 0 Å². The molecule has 0 aliphatic heterocycles. The molecule has 0 bridgehead atoms. The van der Waals surface area contributed by atoms with Crippen LogP contribution in [-0.2, 0) is 6.42 Å². The summed E-state index contributed by atoms with van der Waals surface area (Å²) >= 11 is 0. The third kappa shape index (κ3) is 3.73. The number of hydrogen-bond acceptors (Lipinski definition) is 2. The Morgan fingerprint density at radius 3 is 2.22 bits per heavy atom. The predicted octanol–water partition coefficient (Wildman–Crippen LogP) is 5.02. The Hall–Kier alpha value is -2.29. The van der Waals surface area contributed by atoms with Crippen LogP contribution in [0.3, 0.4) is 0 Å². The van der Waals surface area contributed by atoms with Crippen LogP contribution in [0.15, 0.2) is 30.3 Å². The van der Waals surface area contributed by atoms with Gasteiger partial charge in [-0.15, -0.1) is 0 Å². The fourth-order valence-electron chi connectivity index (χ4n) is 2.82. The summed E-state index contributed by atoms with van der Waals surface area (Å²) in [5.41, 5.74) is 5.59. The van der Waals surface area contributed by atoms with Crippen LogP contribution >= 0.6 is 0 Å². The first kappa shape index (κ1) is 17.1. The lowest BCUT2D eigenvalue weighted by Crippen LogP contribution is -2.02. The van der Waals surface area contributed by atoms with E-state index in [-0.39, 0.29) is 0 Å². The van der Waals surface area contributed by atoms with Crippen LogP contribution in [0, 0.1) is 13.8 Å². The molecule has 0 saturated carbocycles. The molecule has 0 spiro atoms. The van der Waals surface area contributed by atoms with Gasteiger partial charge >= 0.3 is 5.97 Å². The normalized spacial score (nSPS) is 10.6. The fourth-order valence-corrected chi connectivity index (χ4v) is 2.82. The van der Waals surface area contributed by atoms with Crippen molar-refractivity contribution >= 4 is 5.97 Å². The van der Waals surface area contributed by atoms with Gasteiger partial charge in [-0.2, -0.15) is 0 Å². The van der Waals surface area contributed by atoms with Gasteiger partial charge in [0, 0.05) is 0 Å². The lowest BCUT2D eigenvalue weighted by molar-refractivity contribution is 0.0696. The second-order valence-electron chi connectivity index (χ2n) is 5.82. The molecule has 3 heteroatoms. The topological polar surface area (TPSA) is 46.5 Å². The first-order chi connectivity index (χ1) is 11.0. The first-order valence-electron chi connectivity index (χ1n) is 8.08. The van der Waals surface area contributed by atoms with Crippen LogP contribution in [0.2, 0.25) is 0 Å². The van der Waals surface area contributed by atoms with Crippen molar-refractivity contribution in [2.45, 2.75) is 40.5 Å². The van der Waals surface area contributed by atoms with Gasteiger partial charge in [0.25, 0.3) is 0 Å². The van der Waals surface area contributed by atoms with Crippen molar-refractivity contribution in [2.24, 2.45) is 0 Å². The summed E-state index contributed by atoms with van der Waals surface area (Å²) in [6.45, 7) is 8.88. The molecule has 2 rings (SSSR count). The highest BCUT2D eigenvalue weighted by molar-refractivity contribution is 5.90. The van der Waals surface area contributed by atoms with Crippen molar-refractivity contribution in [2.75, 3.05) is 6.61 Å². The standard InChI is InChI=1S/C20H24O3/c1-5-9-23-19-13(3)10-17(11-14(19)4)16-7-8-18(20(21)22)15(6-2)12-16/h7-8,10-12H,5-6,9H2,1-4H3,(H,21,22). The fraction of sp³-hybridized carbons (Fsp3) is 0.350. The number of rotatable bonds is 6. The smallest absolute Gasteiger partial charge is 0.335 e. The SMILES string of the molecule is CCCOc1c(C)cc(-c2ccc(C(=O)O)c(CC)c2)cc1C. The predicted molar refractivity (Wildman–Crippen MR) is 93.5 cm³/mol. The summed E-state index contributed by atoms with van der Waals surface area (Å²) in [7, 11) is 0. The molecule has 1 N–H and O–H groups in total. The van der Waals surface area contributed by atoms with Crippen LogP contribution in [-0.4, -0.2) is 17.7 Å². The molecule has 2 aromatic rings. The first-order valence-corrected chi connectivity index (χ1v) is 8.08. The highest BCUT2D eigenvalue weighted by atomic mass is 16.5. The second kappa shape index (κ2) is 7.32. The summed E-state index contributed by atoms with van der Waals surface area (Å²) in [6.07, 6.45) is 1.68. The van der Waals surface area contributed by atoms with Crippen molar-refractivity contribution in [1.82, 2.24) is 0 Å². The second-order valence-corrected chi connectivity index (χ2v) is 5.82. The number of hydrogen-bond donors (Lipinski definition) is 1. The van der Waals surface area contributed by atoms with E-state index in [0.29, 0.717) is 18.6 Å². The Labute approximate surface area is 137 Å². The lowest BCUT2D eigenvalue weighted by Gasteiger charge is -2.14. The molecule has 23 heavy (non-hydrogen) atoms. The summed E-state index contributed by atoms with van der Waals surface area (Å²) in [4.78, 5) is 11.3. The molecule has 3 nitrogen and oxygen atoms in total. The Kier molecular flexibility index (Phi) is 5.43. The molecule has 0 aromatic heterocycles. The van der Waals surface area contributed by atoms with Gasteiger partial charge in [-0.05, 0) is 72.7 Å². The van der Waals surface area contributed by atoms with Gasteiger partial charge in [-0.1, -0.05) is 26.0 Å². The highest BCUT2D eigenvalue weighted by Crippen LogP contribution is 2.31. The van der Waals surface area contributed by atoms with E-state index in [4.69, 9.17) is 4.74 Å². The van der Waals surface area contributed by atoms with Crippen molar-refractivity contribution in [1.29, 1.82) is 0 Å². The number of carboxylic acid groups (broad SMARTS) is 1. The van der Waals surface area contributed by atoms with Crippen LogP contribution < -0.4 is 4.74 Å². The zero-order valence-corrected chi connectivity index (χ0v) is 14.3. The average molecular weight is 312 g/mol. The van der Waals surface area contributed by atoms with Crippen LogP contribution in [0.4, 0.5) is 0 Å². The number of aryl methyl sites for hydroxylation is 3. The third-order valence-corrected chi connectivity index (χ3v) is 3.96. The van der Waals surface area contributed by atoms with Gasteiger partial charge in [0.15, 0.2) is 0 Å². The van der Waals surface area contributed by atoms with E-state index in [0.717, 1.165) is 40.0 Å². The minimum Gasteiger partial charge on any atom is -0.493 e. The Morgan fingerprint density at radius 2 is 1.70 bits per heavy atom. The van der Waals surface area contributed by atoms with E-state index in [1.54, 1.807) is 6.07 Å². The number of carboxylic acids is 1. The Morgan fingerprint density at radius 1 is 1.04 bits per heavy atom. The van der Waals surface area contributed by atoms with Crippen molar-refractivity contribution < 1.29 is 14.6 Å². The molecule has 0 atom stereocenters. The van der Waals surface area contributed by atoms with Gasteiger partial charge in [-0.3, -0.25) is 0 Å². The molecule has 0 radical (unpaired) electrons. The van der Waals surface area contributed by atoms with Crippen molar-refractivity contribution in [3.8, 4) is 16.9 Å². The van der Waals surface area contributed by atoms with Gasteiger partial charge in [0.1, 0.15) is 5.75 Å². The minimum atomic E-state index is -0.871. The molecular weight excluding hydrogens is 288 g/mol. The van der Waals surface area contributed by atoms with E-state index in [9.17, 15) is 9.90 Å². The van der Waals surface area contributed by atoms with Gasteiger partial charge < -0.3 is 9.84 Å². The number of benzene rings is 2. The largest absolute Gasteiger partial charge is 0.493 e. The lowest BCUT2D eigenvalue weighted by atomic mass is 9.95. The molecule has 0 aliphatic carbocycles. The molecule has 0 heterocycles. The maximum absolute atomic E-state index is 11.3. The zero-order valence-electron chi connectivity index (χ0n) is 14.3. The average Bonchev–Trinajstić information content (AvgIpc) is 2.53. The molecule has 0 fully saturated rings. The van der Waals surface area contributed by atoms with Gasteiger partial charge in [-0.25, -0.2) is 4.79 Å². The molecule has 122 valence electrons. The van der Waals surface area contributed by atoms with Crippen molar-refractivity contribution in [3.05, 3.63) is 52.6 Å². The van der Waals surface area contributed by atoms with E-state index in [1.807, 2.05) is 32.9 Å². The summed E-state index contributed by atoms with van der Waals surface area (Å²) < 4.78 is 5.83. The van der Waals surface area contributed by atoms with E-state index >= 15 is 0 Å². The maximum Gasteiger partial charge on any atom is 0.335 e. The highest BCUT2D eigenvalue weighted by Gasteiger charge is 2.12. The minimum absolute atomic E-state index is 0.382. The molecule has 2 aromatic carbocycles. The van der Waals surface area contributed by atoms with Crippen LogP contribution in [0.1, 0.15) is 47.3 Å². The third-order valence-electron chi connectivity index (χ3n) is 3.96. The molecule has 0 aliphatic rings. The Balaban J connectivity index is 2.44. The number of carbonyl (C=O) groups is 1. The van der Waals surface area contributed by atoms with Crippen LogP contribution in [0.25, 0.3) is 11.1 Å². The number of aromatic carboxylic acids is 1. The van der Waals surface area contributed by atoms with Crippen LogP contribution in [0.5, 0.6) is 5.75 Å². The zero-order chi connectivity index (χ0) is 17.0. The summed E-state index contributed by atoms with van der Waals surface area (Å²) in [6, 6.07) is 9.76. The van der Waals surface area contributed by atoms with Crippen molar-refractivity contribution in [3.63, 3.8) is 0 Å². The summed E-state index contributed by atoms with van der Waals surface area (Å²) in [5, 5.41) is 9.25. The molecule has 0 saturated heterocycles. The maximum atomic E-state index is 11.3.